The summed E-state index contributed by atoms with van der Waals surface area (Å²) in [4.78, 5) is 8.84. The maximum absolute atomic E-state index is 6.39. The third-order valence-electron chi connectivity index (χ3n) is 3.26. The van der Waals surface area contributed by atoms with E-state index >= 15 is 0 Å². The Kier molecular flexibility index (Phi) is 5.06. The summed E-state index contributed by atoms with van der Waals surface area (Å²) in [6.07, 6.45) is 1.90. The molecule has 0 radical (unpaired) electrons. The summed E-state index contributed by atoms with van der Waals surface area (Å²) in [5.74, 6) is 0. The summed E-state index contributed by atoms with van der Waals surface area (Å²) in [5, 5.41) is 6.83. The van der Waals surface area contributed by atoms with Gasteiger partial charge < -0.3 is 4.74 Å². The summed E-state index contributed by atoms with van der Waals surface area (Å²) in [7, 11) is 0. The van der Waals surface area contributed by atoms with Crippen LogP contribution in [0.5, 0.6) is 0 Å². The maximum Gasteiger partial charge on any atom is 0.190 e. The Morgan fingerprint density at radius 1 is 1.22 bits per heavy atom. The molecule has 1 aromatic carbocycles. The van der Waals surface area contributed by atoms with E-state index in [1.54, 1.807) is 4.68 Å². The zero-order chi connectivity index (χ0) is 16.4. The Balaban J connectivity index is 2.28. The van der Waals surface area contributed by atoms with Crippen LogP contribution in [-0.2, 0) is 11.5 Å². The van der Waals surface area contributed by atoms with Crippen LogP contribution in [0.1, 0.15) is 6.92 Å². The molecular formula is C15H14Cl2N4OS. The molecule has 3 aromatic rings. The van der Waals surface area contributed by atoms with E-state index in [2.05, 4.69) is 15.1 Å². The third kappa shape index (κ3) is 3.17. The summed E-state index contributed by atoms with van der Waals surface area (Å²) >= 11 is 14.1. The lowest BCUT2D eigenvalue weighted by atomic mass is 10.1. The van der Waals surface area contributed by atoms with Crippen molar-refractivity contribution in [1.29, 1.82) is 0 Å². The predicted molar refractivity (Wildman–Crippen MR) is 94.2 cm³/mol. The summed E-state index contributed by atoms with van der Waals surface area (Å²) < 4.78 is 7.16. The van der Waals surface area contributed by atoms with E-state index in [4.69, 9.17) is 27.9 Å². The van der Waals surface area contributed by atoms with Crippen molar-refractivity contribution in [3.63, 3.8) is 0 Å². The van der Waals surface area contributed by atoms with Crippen LogP contribution in [-0.4, -0.2) is 32.6 Å². The minimum Gasteiger partial charge on any atom is -0.359 e. The topological polar surface area (TPSA) is 52.8 Å². The number of benzene rings is 1. The fourth-order valence-electron chi connectivity index (χ4n) is 2.21. The predicted octanol–water partition coefficient (Wildman–Crippen LogP) is 4.52. The molecule has 23 heavy (non-hydrogen) atoms. The first-order valence-electron chi connectivity index (χ1n) is 6.96. The largest absolute Gasteiger partial charge is 0.359 e. The molecule has 5 nitrogen and oxygen atoms in total. The number of halogens is 2. The van der Waals surface area contributed by atoms with Crippen molar-refractivity contribution in [2.75, 3.05) is 12.9 Å². The molecule has 8 heteroatoms. The van der Waals surface area contributed by atoms with Crippen molar-refractivity contribution in [1.82, 2.24) is 19.7 Å². The van der Waals surface area contributed by atoms with Crippen LogP contribution in [0, 0.1) is 0 Å². The molecule has 0 N–H and O–H groups in total. The summed E-state index contributed by atoms with van der Waals surface area (Å²) in [6.45, 7) is 2.80. The van der Waals surface area contributed by atoms with Crippen molar-refractivity contribution < 1.29 is 4.74 Å². The summed E-state index contributed by atoms with van der Waals surface area (Å²) in [6, 6.07) is 7.48. The molecule has 0 saturated heterocycles. The number of hydrogen-bond donors (Lipinski definition) is 0. The molecule has 2 aromatic heterocycles. The van der Waals surface area contributed by atoms with Crippen molar-refractivity contribution in [3.8, 4) is 11.3 Å². The molecule has 0 fully saturated rings. The number of thioether (sulfide) groups is 1. The van der Waals surface area contributed by atoms with Crippen LogP contribution < -0.4 is 0 Å². The average Bonchev–Trinajstić information content (AvgIpc) is 2.92. The monoisotopic (exact) mass is 368 g/mol. The number of ether oxygens (including phenoxy) is 1. The van der Waals surface area contributed by atoms with Gasteiger partial charge in [0, 0.05) is 12.2 Å². The third-order valence-corrected chi connectivity index (χ3v) is 4.41. The first-order chi connectivity index (χ1) is 11.2. The first-order valence-corrected chi connectivity index (χ1v) is 8.94. The first kappa shape index (κ1) is 16.5. The van der Waals surface area contributed by atoms with Gasteiger partial charge in [0.15, 0.2) is 10.8 Å². The molecule has 0 amide bonds. The highest BCUT2D eigenvalue weighted by Crippen LogP contribution is 2.35. The van der Waals surface area contributed by atoms with Gasteiger partial charge in [-0.3, -0.25) is 0 Å². The molecule has 0 aliphatic rings. The Hall–Kier alpha value is -1.34. The van der Waals surface area contributed by atoms with Crippen LogP contribution in [0.25, 0.3) is 22.3 Å². The van der Waals surface area contributed by atoms with E-state index in [1.165, 1.54) is 11.8 Å². The quantitative estimate of drug-likeness (QED) is 0.376. The molecule has 0 aliphatic heterocycles. The SMILES string of the molecule is CCOCn1nc(-c2ccccc2Cl)c2c(Cl)nc(SC)nc21. The van der Waals surface area contributed by atoms with Gasteiger partial charge in [0.25, 0.3) is 0 Å². The molecule has 0 bridgehead atoms. The highest BCUT2D eigenvalue weighted by molar-refractivity contribution is 7.98. The molecule has 0 aliphatic carbocycles. The Labute approximate surface area is 148 Å². The van der Waals surface area contributed by atoms with Crippen LogP contribution in [0.4, 0.5) is 0 Å². The van der Waals surface area contributed by atoms with Crippen molar-refractivity contribution in [2.45, 2.75) is 18.8 Å². The molecule has 0 spiro atoms. The van der Waals surface area contributed by atoms with E-state index < -0.39 is 0 Å². The lowest BCUT2D eigenvalue weighted by Gasteiger charge is -2.03. The second-order valence-corrected chi connectivity index (χ2v) is 6.19. The van der Waals surface area contributed by atoms with Gasteiger partial charge in [-0.2, -0.15) is 5.10 Å². The minimum atomic E-state index is 0.290. The van der Waals surface area contributed by atoms with Gasteiger partial charge in [-0.1, -0.05) is 53.2 Å². The Morgan fingerprint density at radius 3 is 2.70 bits per heavy atom. The van der Waals surface area contributed by atoms with Gasteiger partial charge in [0.2, 0.25) is 0 Å². The van der Waals surface area contributed by atoms with Gasteiger partial charge in [0.05, 0.1) is 10.4 Å². The normalized spacial score (nSPS) is 11.3. The zero-order valence-corrected chi connectivity index (χ0v) is 14.9. The van der Waals surface area contributed by atoms with Crippen molar-refractivity contribution >= 4 is 46.0 Å². The lowest BCUT2D eigenvalue weighted by Crippen LogP contribution is -2.05. The maximum atomic E-state index is 6.39. The van der Waals surface area contributed by atoms with Crippen molar-refractivity contribution in [2.24, 2.45) is 0 Å². The van der Waals surface area contributed by atoms with Crippen LogP contribution in [0.3, 0.4) is 0 Å². The molecule has 3 rings (SSSR count). The average molecular weight is 369 g/mol. The number of fused-ring (bicyclic) bond motifs is 1. The van der Waals surface area contributed by atoms with Crippen LogP contribution in [0.15, 0.2) is 29.4 Å². The molecule has 0 saturated carbocycles. The second kappa shape index (κ2) is 7.05. The zero-order valence-electron chi connectivity index (χ0n) is 12.6. The second-order valence-electron chi connectivity index (χ2n) is 4.65. The minimum absolute atomic E-state index is 0.290. The standard InChI is InChI=1S/C15H14Cl2N4OS/c1-3-22-8-21-14-11(13(17)18-15(19-14)23-2)12(20-21)9-6-4-5-7-10(9)16/h4-7H,3,8H2,1-2H3. The fourth-order valence-corrected chi connectivity index (χ4v) is 3.10. The summed E-state index contributed by atoms with van der Waals surface area (Å²) in [5.41, 5.74) is 2.08. The van der Waals surface area contributed by atoms with E-state index in [0.717, 1.165) is 5.56 Å². The van der Waals surface area contributed by atoms with Gasteiger partial charge in [0.1, 0.15) is 17.6 Å². The van der Waals surface area contributed by atoms with Gasteiger partial charge >= 0.3 is 0 Å². The highest BCUT2D eigenvalue weighted by atomic mass is 35.5. The van der Waals surface area contributed by atoms with Gasteiger partial charge in [-0.25, -0.2) is 14.6 Å². The van der Waals surface area contributed by atoms with E-state index in [9.17, 15) is 0 Å². The number of nitrogens with zero attached hydrogens (tertiary/aromatic N) is 4. The van der Waals surface area contributed by atoms with Gasteiger partial charge in [-0.05, 0) is 19.2 Å². The number of aromatic nitrogens is 4. The number of rotatable bonds is 5. The smallest absolute Gasteiger partial charge is 0.190 e. The van der Waals surface area contributed by atoms with E-state index in [1.807, 2.05) is 37.4 Å². The van der Waals surface area contributed by atoms with Crippen molar-refractivity contribution in [3.05, 3.63) is 34.4 Å². The highest BCUT2D eigenvalue weighted by Gasteiger charge is 2.20. The van der Waals surface area contributed by atoms with E-state index in [0.29, 0.717) is 45.4 Å². The lowest BCUT2D eigenvalue weighted by molar-refractivity contribution is 0.0820. The molecule has 0 atom stereocenters. The number of hydrogen-bond acceptors (Lipinski definition) is 5. The Bertz CT molecular complexity index is 853. The van der Waals surface area contributed by atoms with E-state index in [-0.39, 0.29) is 0 Å². The molecular weight excluding hydrogens is 355 g/mol. The molecule has 0 unspecified atom stereocenters. The molecule has 2 heterocycles. The van der Waals surface area contributed by atoms with Crippen LogP contribution >= 0.6 is 35.0 Å². The Morgan fingerprint density at radius 2 is 2.00 bits per heavy atom. The van der Waals surface area contributed by atoms with Gasteiger partial charge in [-0.15, -0.1) is 0 Å². The fraction of sp³-hybridized carbons (Fsp3) is 0.267. The van der Waals surface area contributed by atoms with Crippen LogP contribution in [0.2, 0.25) is 10.2 Å². The molecule has 120 valence electrons.